The largest absolute Gasteiger partial charge is 0.480 e. The van der Waals surface area contributed by atoms with Crippen LogP contribution in [0.5, 0.6) is 0 Å². The third kappa shape index (κ3) is 2.91. The molecule has 0 heterocycles. The first-order valence-electron chi connectivity index (χ1n) is 6.55. The van der Waals surface area contributed by atoms with Gasteiger partial charge in [-0.1, -0.05) is 24.3 Å². The third-order valence-corrected chi connectivity index (χ3v) is 3.70. The number of aryl methyl sites for hydroxylation is 1. The molecule has 0 unspecified atom stereocenters. The Labute approximate surface area is 117 Å². The Hall–Kier alpha value is -2.08. The number of carboxylic acids is 1. The molecule has 20 heavy (non-hydrogen) atoms. The SMILES string of the molecule is C[C@@]1(NC(=O)NC[C@H](N)C(=O)O)CCc2ccccc21. The van der Waals surface area contributed by atoms with E-state index in [1.54, 1.807) is 0 Å². The van der Waals surface area contributed by atoms with Crippen LogP contribution in [0.4, 0.5) is 4.79 Å². The number of carbonyl (C=O) groups is 2. The zero-order valence-corrected chi connectivity index (χ0v) is 11.3. The van der Waals surface area contributed by atoms with Crippen molar-refractivity contribution in [3.05, 3.63) is 35.4 Å². The second-order valence-corrected chi connectivity index (χ2v) is 5.27. The number of benzene rings is 1. The van der Waals surface area contributed by atoms with Crippen molar-refractivity contribution in [3.63, 3.8) is 0 Å². The average molecular weight is 277 g/mol. The fourth-order valence-corrected chi connectivity index (χ4v) is 2.51. The van der Waals surface area contributed by atoms with Crippen LogP contribution in [0, 0.1) is 0 Å². The van der Waals surface area contributed by atoms with Crippen LogP contribution in [0.2, 0.25) is 0 Å². The molecule has 1 aromatic rings. The van der Waals surface area contributed by atoms with Gasteiger partial charge < -0.3 is 21.5 Å². The number of fused-ring (bicyclic) bond motifs is 1. The van der Waals surface area contributed by atoms with Crippen molar-refractivity contribution in [2.45, 2.75) is 31.3 Å². The van der Waals surface area contributed by atoms with Crippen molar-refractivity contribution < 1.29 is 14.7 Å². The molecular weight excluding hydrogens is 258 g/mol. The lowest BCUT2D eigenvalue weighted by Gasteiger charge is -2.27. The van der Waals surface area contributed by atoms with E-state index in [9.17, 15) is 9.59 Å². The van der Waals surface area contributed by atoms with Crippen molar-refractivity contribution in [1.29, 1.82) is 0 Å². The van der Waals surface area contributed by atoms with Gasteiger partial charge in [0.25, 0.3) is 0 Å². The van der Waals surface area contributed by atoms with Gasteiger partial charge in [0.1, 0.15) is 6.04 Å². The average Bonchev–Trinajstić information content (AvgIpc) is 2.74. The maximum Gasteiger partial charge on any atom is 0.322 e. The molecule has 0 aromatic heterocycles. The monoisotopic (exact) mass is 277 g/mol. The number of rotatable bonds is 4. The van der Waals surface area contributed by atoms with Crippen molar-refractivity contribution in [2.24, 2.45) is 5.73 Å². The number of urea groups is 1. The van der Waals surface area contributed by atoms with Gasteiger partial charge in [0.2, 0.25) is 0 Å². The normalized spacial score (nSPS) is 21.9. The first-order chi connectivity index (χ1) is 9.42. The number of carbonyl (C=O) groups excluding carboxylic acids is 1. The molecule has 108 valence electrons. The van der Waals surface area contributed by atoms with Gasteiger partial charge in [0.05, 0.1) is 5.54 Å². The van der Waals surface area contributed by atoms with E-state index in [1.165, 1.54) is 5.56 Å². The molecule has 0 saturated heterocycles. The molecule has 1 aliphatic carbocycles. The topological polar surface area (TPSA) is 104 Å². The summed E-state index contributed by atoms with van der Waals surface area (Å²) in [5.41, 5.74) is 7.26. The van der Waals surface area contributed by atoms with Gasteiger partial charge in [-0.05, 0) is 30.9 Å². The molecule has 0 spiro atoms. The van der Waals surface area contributed by atoms with Crippen molar-refractivity contribution >= 4 is 12.0 Å². The van der Waals surface area contributed by atoms with Crippen molar-refractivity contribution in [2.75, 3.05) is 6.54 Å². The molecule has 0 saturated carbocycles. The molecule has 6 nitrogen and oxygen atoms in total. The standard InChI is InChI=1S/C14H19N3O3/c1-14(7-6-9-4-2-3-5-10(9)14)17-13(20)16-8-11(15)12(18)19/h2-5,11H,6-8,15H2,1H3,(H,18,19)(H2,16,17,20)/t11-,14+/m0/s1. The van der Waals surface area contributed by atoms with Crippen LogP contribution in [0.1, 0.15) is 24.5 Å². The predicted octanol–water partition coefficient (Wildman–Crippen LogP) is 0.559. The van der Waals surface area contributed by atoms with Gasteiger partial charge >= 0.3 is 12.0 Å². The molecule has 6 heteroatoms. The summed E-state index contributed by atoms with van der Waals surface area (Å²) < 4.78 is 0. The zero-order valence-electron chi connectivity index (χ0n) is 11.3. The Kier molecular flexibility index (Phi) is 3.94. The minimum Gasteiger partial charge on any atom is -0.480 e. The number of nitrogens with one attached hydrogen (secondary N) is 2. The molecule has 1 aliphatic rings. The smallest absolute Gasteiger partial charge is 0.322 e. The van der Waals surface area contributed by atoms with Crippen molar-refractivity contribution in [3.8, 4) is 0 Å². The Bertz CT molecular complexity index is 532. The summed E-state index contributed by atoms with van der Waals surface area (Å²) in [6.45, 7) is 1.87. The summed E-state index contributed by atoms with van der Waals surface area (Å²) in [5.74, 6) is -1.14. The van der Waals surface area contributed by atoms with Gasteiger partial charge in [-0.25, -0.2) is 4.79 Å². The summed E-state index contributed by atoms with van der Waals surface area (Å²) in [6.07, 6.45) is 1.74. The molecular formula is C14H19N3O3. The maximum absolute atomic E-state index is 11.9. The van der Waals surface area contributed by atoms with E-state index in [1.807, 2.05) is 25.1 Å². The fourth-order valence-electron chi connectivity index (χ4n) is 2.51. The lowest BCUT2D eigenvalue weighted by molar-refractivity contribution is -0.138. The van der Waals surface area contributed by atoms with Crippen LogP contribution in [0.25, 0.3) is 0 Å². The molecule has 2 atom stereocenters. The van der Waals surface area contributed by atoms with E-state index >= 15 is 0 Å². The summed E-state index contributed by atoms with van der Waals surface area (Å²) in [5, 5.41) is 14.1. The fraction of sp³-hybridized carbons (Fsp3) is 0.429. The van der Waals surface area contributed by atoms with Crippen LogP contribution in [0.15, 0.2) is 24.3 Å². The second-order valence-electron chi connectivity index (χ2n) is 5.27. The molecule has 5 N–H and O–H groups in total. The highest BCUT2D eigenvalue weighted by atomic mass is 16.4. The number of amides is 2. The molecule has 2 rings (SSSR count). The number of nitrogens with two attached hydrogens (primary N) is 1. The highest BCUT2D eigenvalue weighted by Crippen LogP contribution is 2.36. The highest BCUT2D eigenvalue weighted by molar-refractivity contribution is 5.78. The van der Waals surface area contributed by atoms with E-state index in [0.717, 1.165) is 18.4 Å². The Balaban J connectivity index is 1.97. The minimum atomic E-state index is -1.14. The molecule has 2 amide bonds. The van der Waals surface area contributed by atoms with Gasteiger partial charge in [0, 0.05) is 6.54 Å². The molecule has 0 aliphatic heterocycles. The molecule has 1 aromatic carbocycles. The first-order valence-corrected chi connectivity index (χ1v) is 6.55. The number of hydrogen-bond donors (Lipinski definition) is 4. The van der Waals surface area contributed by atoms with E-state index in [-0.39, 0.29) is 6.54 Å². The lowest BCUT2D eigenvalue weighted by Crippen LogP contribution is -2.50. The number of aliphatic carboxylic acids is 1. The summed E-state index contributed by atoms with van der Waals surface area (Å²) >= 11 is 0. The Morgan fingerprint density at radius 2 is 2.15 bits per heavy atom. The van der Waals surface area contributed by atoms with Crippen LogP contribution in [-0.4, -0.2) is 29.7 Å². The van der Waals surface area contributed by atoms with Gasteiger partial charge in [-0.15, -0.1) is 0 Å². The van der Waals surface area contributed by atoms with E-state index in [0.29, 0.717) is 0 Å². The zero-order chi connectivity index (χ0) is 14.8. The van der Waals surface area contributed by atoms with Crippen LogP contribution in [-0.2, 0) is 16.8 Å². The molecule has 0 fully saturated rings. The quantitative estimate of drug-likeness (QED) is 0.645. The van der Waals surface area contributed by atoms with Crippen molar-refractivity contribution in [1.82, 2.24) is 10.6 Å². The van der Waals surface area contributed by atoms with E-state index in [4.69, 9.17) is 10.8 Å². The summed E-state index contributed by atoms with van der Waals surface area (Å²) in [6, 6.07) is 6.50. The lowest BCUT2D eigenvalue weighted by atomic mass is 9.94. The second kappa shape index (κ2) is 5.50. The molecule has 0 bridgehead atoms. The number of carboxylic acid groups (broad SMARTS) is 1. The molecule has 0 radical (unpaired) electrons. The van der Waals surface area contributed by atoms with Crippen LogP contribution in [0.3, 0.4) is 0 Å². The third-order valence-electron chi connectivity index (χ3n) is 3.70. The van der Waals surface area contributed by atoms with Crippen LogP contribution >= 0.6 is 0 Å². The predicted molar refractivity (Wildman–Crippen MR) is 74.3 cm³/mol. The van der Waals surface area contributed by atoms with Crippen LogP contribution < -0.4 is 16.4 Å². The van der Waals surface area contributed by atoms with Gasteiger partial charge in [0.15, 0.2) is 0 Å². The minimum absolute atomic E-state index is 0.0983. The van der Waals surface area contributed by atoms with E-state index in [2.05, 4.69) is 16.7 Å². The summed E-state index contributed by atoms with van der Waals surface area (Å²) in [7, 11) is 0. The number of hydrogen-bond acceptors (Lipinski definition) is 3. The van der Waals surface area contributed by atoms with Gasteiger partial charge in [-0.2, -0.15) is 0 Å². The maximum atomic E-state index is 11.9. The first kappa shape index (κ1) is 14.3. The van der Waals surface area contributed by atoms with E-state index < -0.39 is 23.6 Å². The Morgan fingerprint density at radius 1 is 1.45 bits per heavy atom. The Morgan fingerprint density at radius 3 is 2.85 bits per heavy atom. The summed E-state index contributed by atoms with van der Waals surface area (Å²) in [4.78, 5) is 22.5. The highest BCUT2D eigenvalue weighted by Gasteiger charge is 2.35. The van der Waals surface area contributed by atoms with Gasteiger partial charge in [-0.3, -0.25) is 4.79 Å².